The van der Waals surface area contributed by atoms with E-state index in [9.17, 15) is 0 Å². The highest BCUT2D eigenvalue weighted by atomic mass is 16.5. The van der Waals surface area contributed by atoms with Crippen LogP contribution in [0, 0.1) is 0 Å². The second kappa shape index (κ2) is 2.02. The van der Waals surface area contributed by atoms with Crippen molar-refractivity contribution in [2.24, 2.45) is 0 Å². The molecule has 3 nitrogen and oxygen atoms in total. The second-order valence-corrected chi connectivity index (χ2v) is 2.51. The number of anilines is 1. The predicted octanol–water partition coefficient (Wildman–Crippen LogP) is 0.601. The Kier molecular flexibility index (Phi) is 1.17. The lowest BCUT2D eigenvalue weighted by atomic mass is 10.4. The first-order valence-electron chi connectivity index (χ1n) is 3.38. The molecule has 0 aromatic carbocycles. The third kappa shape index (κ3) is 0.789. The zero-order valence-electron chi connectivity index (χ0n) is 5.71. The van der Waals surface area contributed by atoms with Gasteiger partial charge in [-0.15, -0.1) is 0 Å². The minimum Gasteiger partial charge on any atom is -0.397 e. The van der Waals surface area contributed by atoms with Crippen LogP contribution < -0.4 is 5.73 Å². The van der Waals surface area contributed by atoms with E-state index in [0.717, 1.165) is 18.8 Å². The van der Waals surface area contributed by atoms with Crippen LogP contribution in [-0.4, -0.2) is 11.2 Å². The summed E-state index contributed by atoms with van der Waals surface area (Å²) in [7, 11) is 0. The molecule has 0 saturated heterocycles. The Hall–Kier alpha value is -0.960. The fourth-order valence-electron chi connectivity index (χ4n) is 1.25. The minimum atomic E-state index is 0.706. The third-order valence-electron chi connectivity index (χ3n) is 1.73. The molecule has 1 aromatic heterocycles. The van der Waals surface area contributed by atoms with Gasteiger partial charge in [-0.1, -0.05) is 0 Å². The van der Waals surface area contributed by atoms with Gasteiger partial charge in [-0.3, -0.25) is 0 Å². The lowest BCUT2D eigenvalue weighted by Crippen LogP contribution is -2.14. The number of nitrogens with zero attached hydrogens (tertiary/aromatic N) is 1. The summed E-state index contributed by atoms with van der Waals surface area (Å²) in [5, 5.41) is 0. The summed E-state index contributed by atoms with van der Waals surface area (Å²) in [4.78, 5) is 0. The van der Waals surface area contributed by atoms with E-state index in [1.165, 1.54) is 5.69 Å². The number of rotatable bonds is 0. The summed E-state index contributed by atoms with van der Waals surface area (Å²) in [6, 6.07) is 1.96. The van der Waals surface area contributed by atoms with Crippen LogP contribution in [0.2, 0.25) is 0 Å². The molecule has 54 valence electrons. The molecule has 3 heteroatoms. The summed E-state index contributed by atoms with van der Waals surface area (Å²) in [5.41, 5.74) is 7.60. The van der Waals surface area contributed by atoms with Crippen molar-refractivity contribution < 1.29 is 4.74 Å². The lowest BCUT2D eigenvalue weighted by molar-refractivity contribution is 0.0850. The van der Waals surface area contributed by atoms with Crippen LogP contribution in [0.25, 0.3) is 0 Å². The number of hydrogen-bond acceptors (Lipinski definition) is 2. The van der Waals surface area contributed by atoms with E-state index < -0.39 is 0 Å². The smallest absolute Gasteiger partial charge is 0.0869 e. The highest BCUT2D eigenvalue weighted by Crippen LogP contribution is 2.14. The van der Waals surface area contributed by atoms with Crippen molar-refractivity contribution >= 4 is 5.69 Å². The van der Waals surface area contributed by atoms with E-state index in [0.29, 0.717) is 6.61 Å². The van der Waals surface area contributed by atoms with Crippen molar-refractivity contribution in [1.29, 1.82) is 0 Å². The van der Waals surface area contributed by atoms with Crippen LogP contribution in [0.3, 0.4) is 0 Å². The average molecular weight is 138 g/mol. The molecular formula is C7H10N2O. The molecule has 0 fully saturated rings. The predicted molar refractivity (Wildman–Crippen MR) is 38.5 cm³/mol. The van der Waals surface area contributed by atoms with E-state index >= 15 is 0 Å². The van der Waals surface area contributed by atoms with Gasteiger partial charge >= 0.3 is 0 Å². The van der Waals surface area contributed by atoms with Gasteiger partial charge in [-0.2, -0.15) is 0 Å². The van der Waals surface area contributed by atoms with Gasteiger partial charge in [0.1, 0.15) is 0 Å². The molecule has 1 aliphatic rings. The molecule has 10 heavy (non-hydrogen) atoms. The first kappa shape index (κ1) is 5.80. The van der Waals surface area contributed by atoms with E-state index in [4.69, 9.17) is 10.5 Å². The van der Waals surface area contributed by atoms with Crippen molar-refractivity contribution in [3.05, 3.63) is 18.0 Å². The monoisotopic (exact) mass is 138 g/mol. The number of hydrogen-bond donors (Lipinski definition) is 1. The number of fused-ring (bicyclic) bond motifs is 1. The van der Waals surface area contributed by atoms with Crippen LogP contribution in [0.5, 0.6) is 0 Å². The van der Waals surface area contributed by atoms with Gasteiger partial charge < -0.3 is 15.0 Å². The first-order valence-corrected chi connectivity index (χ1v) is 3.38. The van der Waals surface area contributed by atoms with Gasteiger partial charge in [0, 0.05) is 24.1 Å². The van der Waals surface area contributed by atoms with Crippen molar-refractivity contribution in [2.45, 2.75) is 13.2 Å². The number of nitrogen functional groups attached to an aromatic ring is 1. The van der Waals surface area contributed by atoms with Crippen LogP contribution in [0.4, 0.5) is 5.69 Å². The third-order valence-corrected chi connectivity index (χ3v) is 1.73. The quantitative estimate of drug-likeness (QED) is 0.570. The molecule has 0 spiro atoms. The van der Waals surface area contributed by atoms with Gasteiger partial charge in [0.2, 0.25) is 0 Å². The van der Waals surface area contributed by atoms with E-state index in [2.05, 4.69) is 4.57 Å². The summed E-state index contributed by atoms with van der Waals surface area (Å²) in [5.74, 6) is 0. The van der Waals surface area contributed by atoms with Gasteiger partial charge in [0.05, 0.1) is 13.2 Å². The molecule has 2 N–H and O–H groups in total. The summed E-state index contributed by atoms with van der Waals surface area (Å²) in [6.45, 7) is 2.45. The first-order chi connectivity index (χ1) is 4.86. The largest absolute Gasteiger partial charge is 0.397 e. The Morgan fingerprint density at radius 2 is 2.50 bits per heavy atom. The SMILES string of the molecule is Nc1cc2n(c1)CCOC2. The summed E-state index contributed by atoms with van der Waals surface area (Å²) in [6.07, 6.45) is 1.96. The summed E-state index contributed by atoms with van der Waals surface area (Å²) >= 11 is 0. The molecule has 0 radical (unpaired) electrons. The Morgan fingerprint density at radius 1 is 1.60 bits per heavy atom. The van der Waals surface area contributed by atoms with Crippen LogP contribution in [0.1, 0.15) is 5.69 Å². The zero-order valence-corrected chi connectivity index (χ0v) is 5.71. The molecule has 2 rings (SSSR count). The van der Waals surface area contributed by atoms with Crippen molar-refractivity contribution in [1.82, 2.24) is 4.57 Å². The van der Waals surface area contributed by atoms with Crippen LogP contribution in [-0.2, 0) is 17.9 Å². The second-order valence-electron chi connectivity index (χ2n) is 2.51. The van der Waals surface area contributed by atoms with Crippen molar-refractivity contribution in [2.75, 3.05) is 12.3 Å². The minimum absolute atomic E-state index is 0.706. The van der Waals surface area contributed by atoms with Crippen LogP contribution >= 0.6 is 0 Å². The maximum absolute atomic E-state index is 5.58. The van der Waals surface area contributed by atoms with Crippen molar-refractivity contribution in [3.63, 3.8) is 0 Å². The standard InChI is InChI=1S/C7H10N2O/c8-6-3-7-5-10-2-1-9(7)4-6/h3-4H,1-2,5,8H2. The highest BCUT2D eigenvalue weighted by Gasteiger charge is 2.08. The number of ether oxygens (including phenoxy) is 1. The highest BCUT2D eigenvalue weighted by molar-refractivity contribution is 5.38. The molecule has 0 atom stereocenters. The number of aromatic nitrogens is 1. The molecule has 0 amide bonds. The molecule has 1 aromatic rings. The van der Waals surface area contributed by atoms with E-state index in [-0.39, 0.29) is 0 Å². The Balaban J connectivity index is 2.41. The average Bonchev–Trinajstić information content (AvgIpc) is 2.27. The van der Waals surface area contributed by atoms with Crippen LogP contribution in [0.15, 0.2) is 12.3 Å². The molecule has 0 saturated carbocycles. The van der Waals surface area contributed by atoms with E-state index in [1.807, 2.05) is 12.3 Å². The molecule has 0 aliphatic carbocycles. The van der Waals surface area contributed by atoms with E-state index in [1.54, 1.807) is 0 Å². The summed E-state index contributed by atoms with van der Waals surface area (Å²) < 4.78 is 7.37. The molecule has 0 bridgehead atoms. The normalized spacial score (nSPS) is 16.8. The maximum Gasteiger partial charge on any atom is 0.0869 e. The lowest BCUT2D eigenvalue weighted by Gasteiger charge is -2.14. The number of nitrogens with two attached hydrogens (primary N) is 1. The Labute approximate surface area is 59.4 Å². The van der Waals surface area contributed by atoms with Gasteiger partial charge in [0.25, 0.3) is 0 Å². The fraction of sp³-hybridized carbons (Fsp3) is 0.429. The zero-order chi connectivity index (χ0) is 6.97. The Morgan fingerprint density at radius 3 is 3.30 bits per heavy atom. The molecule has 1 aliphatic heterocycles. The maximum atomic E-state index is 5.58. The molecule has 2 heterocycles. The van der Waals surface area contributed by atoms with Gasteiger partial charge in [-0.05, 0) is 6.07 Å². The van der Waals surface area contributed by atoms with Crippen molar-refractivity contribution in [3.8, 4) is 0 Å². The molecular weight excluding hydrogens is 128 g/mol. The van der Waals surface area contributed by atoms with Gasteiger partial charge in [0.15, 0.2) is 0 Å². The van der Waals surface area contributed by atoms with Gasteiger partial charge in [-0.25, -0.2) is 0 Å². The fourth-order valence-corrected chi connectivity index (χ4v) is 1.25. The molecule has 0 unspecified atom stereocenters. The Bertz CT molecular complexity index is 218. The topological polar surface area (TPSA) is 40.2 Å².